The molecule has 1 aliphatic rings. The number of hydrogen-bond acceptors (Lipinski definition) is 26. The lowest BCUT2D eigenvalue weighted by Crippen LogP contribution is -2.61. The van der Waals surface area contributed by atoms with Crippen LogP contribution in [-0.2, 0) is 122 Å². The molecular weight excluding hydrogens is 1950 g/mol. The third-order valence-electron chi connectivity index (χ3n) is 23.7. The minimum atomic E-state index is -1.84. The molecule has 808 valence electrons. The van der Waals surface area contributed by atoms with Crippen molar-refractivity contribution < 1.29 is 126 Å². The van der Waals surface area contributed by atoms with Crippen LogP contribution in [0.1, 0.15) is 213 Å². The van der Waals surface area contributed by atoms with Crippen molar-refractivity contribution in [2.75, 3.05) is 12.4 Å². The van der Waals surface area contributed by atoms with Gasteiger partial charge in [-0.2, -0.15) is 12.6 Å². The van der Waals surface area contributed by atoms with Crippen LogP contribution >= 0.6 is 12.6 Å². The topological polar surface area (TPSA) is 747 Å². The van der Waals surface area contributed by atoms with E-state index >= 15 is 4.79 Å². The van der Waals surface area contributed by atoms with Gasteiger partial charge in [-0.25, -0.2) is 29.5 Å². The Bertz CT molecular complexity index is 5440. The summed E-state index contributed by atoms with van der Waals surface area (Å²) in [5.74, 6) is -24.7. The number of nitrogens with one attached hydrogen (secondary N) is 19. The van der Waals surface area contributed by atoms with Crippen molar-refractivity contribution in [1.29, 1.82) is 0 Å². The van der Waals surface area contributed by atoms with Crippen LogP contribution < -0.4 is 79.8 Å². The molecule has 1 aliphatic carbocycles. The first-order valence-electron chi connectivity index (χ1n) is 49.0. The Morgan fingerprint density at radius 1 is 0.284 bits per heavy atom. The van der Waals surface area contributed by atoms with Crippen molar-refractivity contribution >= 4 is 131 Å². The van der Waals surface area contributed by atoms with Gasteiger partial charge in [0.25, 0.3) is 0 Å². The molecule has 15 amide bonds. The molecule has 4 aromatic heterocycles. The van der Waals surface area contributed by atoms with Gasteiger partial charge in [0, 0.05) is 87.8 Å². The molecule has 50 heteroatoms. The number of carbonyl (C=O) groups is 20. The van der Waals surface area contributed by atoms with Gasteiger partial charge in [0.1, 0.15) is 97.2 Å². The standard InChI is InChI=1S/C98H139N23O26S/c1-49(2)29-68(111-91(138)72(33-53(9)10)114-95(142)76(37-57-41-101-47-105-57)119-85(132)66(23-27-81(126)127)109-90(137)71(32-52(7)8)116-96(143)78(44-148)121-98(146)147-43-63-61-19-15-13-17-59(61)60-18-14-16-20-62(60)63)87(134)107-64(21-25-79(122)123)83(130)117-74(35-55-39-99-45-103-55)93(140)113-70(31-51(5)6)89(136)108-65(22-26-80(124)125)84(131)118-75(36-56-40-100-46-104-56)94(141)115-73(34-54(11)12)92(139)112-69(30-50(3)4)88(135)110-67(24-28-82(128)129)86(133)120-77(97(144)145)38-58-42-102-48-106-58/h13-20,39-42,45-54,63-78,148H,21-38,43-44H2,1-12H3,(H,99,103)(H,100,104)(H,101,105)(H,102,106)(H,107,134)(H,108,136)(H,109,137)(H,110,135)(H,111,138)(H,112,139)(H,113,140)(H,114,142)(H,115,141)(H,116,143)(H,117,130)(H,118,131)(H,119,132)(H,120,133)(H,121,146)(H,122,123)(H,124,125)(H,126,127)(H,128,129)(H,144,145)/t64-,65-,66-,67-,68-,69-,70-,71-,72-,73-,74-,75-,76-,77-,78-/m0/s1. The van der Waals surface area contributed by atoms with E-state index in [-0.39, 0.29) is 104 Å². The SMILES string of the molecule is CC(C)C[C@H](NC(=O)[C@H](CS)NC(=O)OCC1c2ccccc2-c2ccccc21)C(=O)N[C@@H](CCC(=O)O)C(=O)N[C@@H](Cc1c[nH]cn1)C(=O)N[C@@H](CC(C)C)C(=O)N[C@@H](CC(C)C)C(=O)N[C@@H](CCC(=O)O)C(=O)N[C@@H](Cc1c[nH]cn1)C(=O)N[C@@H](CC(C)C)C(=O)N[C@@H](CCC(=O)O)C(=O)N[C@@H](Cc1c[nH]cn1)C(=O)N[C@@H](CC(C)C)C(=O)N[C@@H](CC(C)C)C(=O)N[C@@H](CCC(=O)O)C(=O)N[C@@H](Cc1c[nH]cn1)C(=O)O. The molecule has 0 saturated carbocycles. The van der Waals surface area contributed by atoms with E-state index < -0.39 is 298 Å². The number of aromatic nitrogens is 8. The second-order valence-corrected chi connectivity index (χ2v) is 39.3. The third kappa shape index (κ3) is 40.3. The first kappa shape index (κ1) is 120. The van der Waals surface area contributed by atoms with Crippen LogP contribution in [0.2, 0.25) is 0 Å². The van der Waals surface area contributed by atoms with Gasteiger partial charge in [0.2, 0.25) is 82.7 Å². The van der Waals surface area contributed by atoms with E-state index in [9.17, 15) is 117 Å². The summed E-state index contributed by atoms with van der Waals surface area (Å²) in [5.41, 5.74) is 4.57. The Morgan fingerprint density at radius 3 is 0.703 bits per heavy atom. The van der Waals surface area contributed by atoms with E-state index in [1.165, 1.54) is 50.1 Å². The molecule has 4 heterocycles. The molecule has 0 bridgehead atoms. The van der Waals surface area contributed by atoms with Gasteiger partial charge in [0.05, 0.1) is 48.1 Å². The van der Waals surface area contributed by atoms with E-state index in [4.69, 9.17) is 4.74 Å². The zero-order valence-corrected chi connectivity index (χ0v) is 85.5. The number of aromatic amines is 4. The van der Waals surface area contributed by atoms with Gasteiger partial charge in [-0.1, -0.05) is 132 Å². The van der Waals surface area contributed by atoms with E-state index in [2.05, 4.69) is 132 Å². The summed E-state index contributed by atoms with van der Waals surface area (Å²) in [6.07, 6.45) is 1.84. The van der Waals surface area contributed by atoms with Crippen molar-refractivity contribution in [3.63, 3.8) is 0 Å². The number of aliphatic carboxylic acids is 5. The van der Waals surface area contributed by atoms with Crippen LogP contribution in [0.5, 0.6) is 0 Å². The molecule has 15 atom stereocenters. The molecule has 0 spiro atoms. The lowest BCUT2D eigenvalue weighted by atomic mass is 9.98. The Labute approximate surface area is 859 Å². The van der Waals surface area contributed by atoms with Gasteiger partial charge in [-0.3, -0.25) is 86.3 Å². The lowest BCUT2D eigenvalue weighted by Gasteiger charge is -2.29. The quantitative estimate of drug-likeness (QED) is 0.0239. The van der Waals surface area contributed by atoms with Gasteiger partial charge in [-0.15, -0.1) is 0 Å². The number of nitrogens with zero attached hydrogens (tertiary/aromatic N) is 4. The first-order chi connectivity index (χ1) is 70.0. The number of alkyl carbamates (subject to hydrolysis) is 1. The predicted molar refractivity (Wildman–Crippen MR) is 534 cm³/mol. The van der Waals surface area contributed by atoms with E-state index in [0.717, 1.165) is 22.3 Å². The average molecular weight is 2090 g/mol. The summed E-state index contributed by atoms with van der Waals surface area (Å²) in [4.78, 5) is 307. The largest absolute Gasteiger partial charge is 0.481 e. The lowest BCUT2D eigenvalue weighted by molar-refractivity contribution is -0.143. The van der Waals surface area contributed by atoms with Crippen molar-refractivity contribution in [2.45, 2.75) is 295 Å². The molecular formula is C98H139N23O26S. The number of ether oxygens (including phenoxy) is 1. The fourth-order valence-corrected chi connectivity index (χ4v) is 16.7. The minimum absolute atomic E-state index is 0.0497. The molecule has 0 fully saturated rings. The average Bonchev–Trinajstić information content (AvgIpc) is 1.61. The zero-order valence-electron chi connectivity index (χ0n) is 84.6. The second kappa shape index (κ2) is 59.4. The maximum absolute atomic E-state index is 15.0. The maximum Gasteiger partial charge on any atom is 0.407 e. The highest BCUT2D eigenvalue weighted by molar-refractivity contribution is 7.80. The van der Waals surface area contributed by atoms with Crippen LogP contribution in [0.4, 0.5) is 4.79 Å². The number of carboxylic acids is 5. The number of amides is 15. The van der Waals surface area contributed by atoms with Gasteiger partial charge in [0.15, 0.2) is 0 Å². The number of fused-ring (bicyclic) bond motifs is 3. The zero-order chi connectivity index (χ0) is 109. The predicted octanol–water partition coefficient (Wildman–Crippen LogP) is 1.29. The van der Waals surface area contributed by atoms with Gasteiger partial charge in [-0.05, 0) is 122 Å². The van der Waals surface area contributed by atoms with E-state index in [0.29, 0.717) is 0 Å². The molecule has 0 radical (unpaired) electrons. The number of benzene rings is 2. The third-order valence-corrected chi connectivity index (χ3v) is 24.0. The van der Waals surface area contributed by atoms with Crippen LogP contribution in [0.25, 0.3) is 11.1 Å². The summed E-state index contributed by atoms with van der Waals surface area (Å²) in [6.45, 7) is 20.2. The highest BCUT2D eigenvalue weighted by Crippen LogP contribution is 2.44. The number of carbonyl (C=O) groups excluding carboxylic acids is 15. The van der Waals surface area contributed by atoms with Gasteiger partial charge < -0.3 is 130 Å². The Balaban J connectivity index is 1.07. The normalized spacial score (nSPS) is 14.7. The maximum atomic E-state index is 15.0. The van der Waals surface area contributed by atoms with Crippen LogP contribution in [0.15, 0.2) is 98.6 Å². The summed E-state index contributed by atoms with van der Waals surface area (Å²) < 4.78 is 5.68. The number of H-pyrrole nitrogens is 4. The Kier molecular flexibility index (Phi) is 48.1. The summed E-state index contributed by atoms with van der Waals surface area (Å²) in [5, 5.41) is 87.9. The molecule has 24 N–H and O–H groups in total. The van der Waals surface area contributed by atoms with Crippen molar-refractivity contribution in [3.8, 4) is 11.1 Å². The molecule has 0 aliphatic heterocycles. The van der Waals surface area contributed by atoms with Crippen LogP contribution in [-0.4, -0.2) is 287 Å². The molecule has 49 nitrogen and oxygen atoms in total. The van der Waals surface area contributed by atoms with Crippen molar-refractivity contribution in [1.82, 2.24) is 120 Å². The van der Waals surface area contributed by atoms with Crippen molar-refractivity contribution in [2.24, 2.45) is 35.5 Å². The van der Waals surface area contributed by atoms with Crippen molar-refractivity contribution in [3.05, 3.63) is 133 Å². The molecule has 7 rings (SSSR count). The monoisotopic (exact) mass is 2090 g/mol. The Hall–Kier alpha value is -15.2. The second-order valence-electron chi connectivity index (χ2n) is 39.0. The number of thiol groups is 1. The van der Waals surface area contributed by atoms with E-state index in [1.807, 2.05) is 48.5 Å². The molecule has 0 unspecified atom stereocenters. The summed E-state index contributed by atoms with van der Waals surface area (Å²) in [7, 11) is 0. The highest BCUT2D eigenvalue weighted by atomic mass is 32.1. The smallest absolute Gasteiger partial charge is 0.407 e. The summed E-state index contributed by atoms with van der Waals surface area (Å²) in [6, 6.07) is -8.98. The molecule has 0 saturated heterocycles. The fourth-order valence-electron chi connectivity index (χ4n) is 16.4. The highest BCUT2D eigenvalue weighted by Gasteiger charge is 2.42. The number of rotatable bonds is 65. The van der Waals surface area contributed by atoms with E-state index in [1.54, 1.807) is 83.1 Å². The van der Waals surface area contributed by atoms with Crippen LogP contribution in [0.3, 0.4) is 0 Å². The fraction of sp³-hybridized carbons (Fsp3) is 0.551. The molecule has 148 heavy (non-hydrogen) atoms. The first-order valence-corrected chi connectivity index (χ1v) is 49.7. The van der Waals surface area contributed by atoms with Gasteiger partial charge >= 0.3 is 35.9 Å². The molecule has 2 aromatic carbocycles. The number of hydrogen-bond donors (Lipinski definition) is 25. The van der Waals surface area contributed by atoms with Crippen LogP contribution in [0, 0.1) is 35.5 Å². The molecule has 6 aromatic rings. The minimum Gasteiger partial charge on any atom is -0.481 e. The number of imidazole rings is 4. The summed E-state index contributed by atoms with van der Waals surface area (Å²) >= 11 is 4.31. The number of carboxylic acid groups (broad SMARTS) is 5. The Morgan fingerprint density at radius 2 is 0.486 bits per heavy atom.